The van der Waals surface area contributed by atoms with Crippen LogP contribution in [0.25, 0.3) is 11.0 Å². The Hall–Kier alpha value is -3.09. The van der Waals surface area contributed by atoms with Gasteiger partial charge < -0.3 is 14.3 Å². The van der Waals surface area contributed by atoms with Crippen LogP contribution in [0.2, 0.25) is 0 Å². The van der Waals surface area contributed by atoms with E-state index in [1.165, 1.54) is 7.11 Å². The number of hydrogen-bond donors (Lipinski definition) is 1. The highest BCUT2D eigenvalue weighted by Crippen LogP contribution is 2.34. The summed E-state index contributed by atoms with van der Waals surface area (Å²) in [5.74, 6) is -1.65. The van der Waals surface area contributed by atoms with Gasteiger partial charge in [-0.25, -0.2) is 0 Å². The summed E-state index contributed by atoms with van der Waals surface area (Å²) in [7, 11) is 3.01. The van der Waals surface area contributed by atoms with Crippen molar-refractivity contribution in [2.75, 3.05) is 7.11 Å². The second-order valence-corrected chi connectivity index (χ2v) is 5.42. The molecule has 0 amide bonds. The Morgan fingerprint density at radius 3 is 2.83 bits per heavy atom. The SMILES string of the molecule is COC(=O)C[C@H](c1cnn(C)c1)c1oc2ccccc2c(=O)c1O. The predicted octanol–water partition coefficient (Wildman–Crippen LogP) is 1.93. The molecule has 3 rings (SSSR count). The van der Waals surface area contributed by atoms with Crippen molar-refractivity contribution in [1.82, 2.24) is 9.78 Å². The number of benzene rings is 1. The lowest BCUT2D eigenvalue weighted by atomic mass is 9.94. The van der Waals surface area contributed by atoms with Gasteiger partial charge in [0.1, 0.15) is 5.58 Å². The van der Waals surface area contributed by atoms with Crippen LogP contribution >= 0.6 is 0 Å². The molecule has 0 saturated heterocycles. The summed E-state index contributed by atoms with van der Waals surface area (Å²) in [6, 6.07) is 6.62. The monoisotopic (exact) mass is 328 g/mol. The Morgan fingerprint density at radius 1 is 1.42 bits per heavy atom. The highest BCUT2D eigenvalue weighted by molar-refractivity contribution is 5.78. The summed E-state index contributed by atoms with van der Waals surface area (Å²) in [5.41, 5.74) is 0.441. The fourth-order valence-electron chi connectivity index (χ4n) is 2.62. The topological polar surface area (TPSA) is 94.6 Å². The second-order valence-electron chi connectivity index (χ2n) is 5.42. The van der Waals surface area contributed by atoms with Crippen LogP contribution in [0.4, 0.5) is 0 Å². The van der Waals surface area contributed by atoms with Crippen molar-refractivity contribution in [1.29, 1.82) is 0 Å². The lowest BCUT2D eigenvalue weighted by Crippen LogP contribution is -2.13. The van der Waals surface area contributed by atoms with E-state index in [2.05, 4.69) is 5.10 Å². The molecule has 0 unspecified atom stereocenters. The van der Waals surface area contributed by atoms with Crippen molar-refractivity contribution >= 4 is 16.9 Å². The van der Waals surface area contributed by atoms with Gasteiger partial charge in [-0.1, -0.05) is 12.1 Å². The largest absolute Gasteiger partial charge is 0.502 e. The minimum atomic E-state index is -0.677. The zero-order chi connectivity index (χ0) is 17.3. The average molecular weight is 328 g/mol. The van der Waals surface area contributed by atoms with Gasteiger partial charge in [-0.15, -0.1) is 0 Å². The average Bonchev–Trinajstić information content (AvgIpc) is 3.02. The van der Waals surface area contributed by atoms with Gasteiger partial charge in [0.2, 0.25) is 11.2 Å². The van der Waals surface area contributed by atoms with Crippen molar-refractivity contribution in [3.8, 4) is 5.75 Å². The Morgan fingerprint density at radius 2 is 2.17 bits per heavy atom. The van der Waals surface area contributed by atoms with E-state index >= 15 is 0 Å². The van der Waals surface area contributed by atoms with Gasteiger partial charge >= 0.3 is 5.97 Å². The molecule has 2 aromatic heterocycles. The van der Waals surface area contributed by atoms with E-state index in [1.54, 1.807) is 48.4 Å². The number of methoxy groups -OCH3 is 1. The quantitative estimate of drug-likeness (QED) is 0.735. The molecule has 0 fully saturated rings. The van der Waals surface area contributed by atoms with E-state index < -0.39 is 23.1 Å². The van der Waals surface area contributed by atoms with E-state index in [0.717, 1.165) is 0 Å². The molecule has 7 heteroatoms. The molecule has 0 aliphatic carbocycles. The number of nitrogens with zero attached hydrogens (tertiary/aromatic N) is 2. The molecular weight excluding hydrogens is 312 g/mol. The van der Waals surface area contributed by atoms with E-state index in [1.807, 2.05) is 0 Å². The number of aryl methyl sites for hydroxylation is 1. The standard InChI is InChI=1S/C17H16N2O5/c1-19-9-10(8-18-19)12(7-14(20)23-2)17-16(22)15(21)11-5-3-4-6-13(11)24-17/h3-6,8-9,12,22H,7H2,1-2H3/t12-/m1/s1. The minimum Gasteiger partial charge on any atom is -0.502 e. The molecule has 3 aromatic rings. The zero-order valence-electron chi connectivity index (χ0n) is 13.2. The molecule has 0 saturated carbocycles. The number of fused-ring (bicyclic) bond motifs is 1. The number of aromatic hydroxyl groups is 1. The van der Waals surface area contributed by atoms with Gasteiger partial charge in [-0.2, -0.15) is 5.10 Å². The molecule has 0 spiro atoms. The fraction of sp³-hybridized carbons (Fsp3) is 0.235. The molecule has 1 atom stereocenters. The van der Waals surface area contributed by atoms with Gasteiger partial charge in [0.15, 0.2) is 5.76 Å². The lowest BCUT2D eigenvalue weighted by Gasteiger charge is -2.15. The summed E-state index contributed by atoms with van der Waals surface area (Å²) < 4.78 is 12.0. The molecule has 1 aromatic carbocycles. The van der Waals surface area contributed by atoms with Crippen molar-refractivity contribution in [3.05, 3.63) is 58.2 Å². The van der Waals surface area contributed by atoms with Crippen LogP contribution in [0.3, 0.4) is 0 Å². The third-order valence-electron chi connectivity index (χ3n) is 3.84. The molecule has 1 N–H and O–H groups in total. The van der Waals surface area contributed by atoms with Crippen LogP contribution in [0, 0.1) is 0 Å². The maximum atomic E-state index is 12.4. The van der Waals surface area contributed by atoms with E-state index in [4.69, 9.17) is 9.15 Å². The smallest absolute Gasteiger partial charge is 0.306 e. The molecule has 0 aliphatic rings. The van der Waals surface area contributed by atoms with E-state index in [-0.39, 0.29) is 17.6 Å². The zero-order valence-corrected chi connectivity index (χ0v) is 13.2. The number of aromatic nitrogens is 2. The maximum Gasteiger partial charge on any atom is 0.306 e. The van der Waals surface area contributed by atoms with Crippen molar-refractivity contribution in [3.63, 3.8) is 0 Å². The summed E-state index contributed by atoms with van der Waals surface area (Å²) in [4.78, 5) is 24.2. The third kappa shape index (κ3) is 2.76. The molecule has 0 bridgehead atoms. The number of hydrogen-bond acceptors (Lipinski definition) is 6. The summed E-state index contributed by atoms with van der Waals surface area (Å²) in [5, 5.41) is 14.7. The normalized spacial score (nSPS) is 12.2. The van der Waals surface area contributed by atoms with Crippen LogP contribution in [0.15, 0.2) is 45.9 Å². The highest BCUT2D eigenvalue weighted by Gasteiger charge is 2.27. The number of esters is 1. The first-order chi connectivity index (χ1) is 11.5. The number of ether oxygens (including phenoxy) is 1. The molecule has 2 heterocycles. The first-order valence-corrected chi connectivity index (χ1v) is 7.31. The first-order valence-electron chi connectivity index (χ1n) is 7.31. The molecule has 0 radical (unpaired) electrons. The van der Waals surface area contributed by atoms with Gasteiger partial charge in [0.25, 0.3) is 0 Å². The second kappa shape index (κ2) is 6.19. The first kappa shape index (κ1) is 15.8. The molecule has 0 aliphatic heterocycles. The Balaban J connectivity index is 2.20. The van der Waals surface area contributed by atoms with Crippen LogP contribution in [0.1, 0.15) is 23.7 Å². The minimum absolute atomic E-state index is 0.0251. The van der Waals surface area contributed by atoms with E-state index in [9.17, 15) is 14.7 Å². The molecule has 124 valence electrons. The van der Waals surface area contributed by atoms with E-state index in [0.29, 0.717) is 11.1 Å². The maximum absolute atomic E-state index is 12.4. The van der Waals surface area contributed by atoms with Gasteiger partial charge in [-0.3, -0.25) is 14.3 Å². The number of carbonyl (C=O) groups is 1. The highest BCUT2D eigenvalue weighted by atomic mass is 16.5. The van der Waals surface area contributed by atoms with Crippen LogP contribution in [-0.4, -0.2) is 28.0 Å². The van der Waals surface area contributed by atoms with Gasteiger partial charge in [0, 0.05) is 18.8 Å². The Bertz CT molecular complexity index is 957. The summed E-state index contributed by atoms with van der Waals surface area (Å²) >= 11 is 0. The fourth-order valence-corrected chi connectivity index (χ4v) is 2.62. The number of rotatable bonds is 4. The van der Waals surface area contributed by atoms with Crippen LogP contribution in [0.5, 0.6) is 5.75 Å². The predicted molar refractivity (Wildman–Crippen MR) is 85.8 cm³/mol. The van der Waals surface area contributed by atoms with Gasteiger partial charge in [-0.05, 0) is 12.1 Å². The van der Waals surface area contributed by atoms with Crippen LogP contribution in [-0.2, 0) is 16.6 Å². The van der Waals surface area contributed by atoms with Gasteiger partial charge in [0.05, 0.1) is 31.0 Å². The summed E-state index contributed by atoms with van der Waals surface area (Å²) in [6.45, 7) is 0. The number of para-hydroxylation sites is 1. The van der Waals surface area contributed by atoms with Crippen molar-refractivity contribution < 1.29 is 19.1 Å². The Labute approximate surface area is 137 Å². The Kier molecular flexibility index (Phi) is 4.07. The lowest BCUT2D eigenvalue weighted by molar-refractivity contribution is -0.140. The third-order valence-corrected chi connectivity index (χ3v) is 3.84. The molecule has 7 nitrogen and oxygen atoms in total. The van der Waals surface area contributed by atoms with Crippen molar-refractivity contribution in [2.24, 2.45) is 7.05 Å². The number of carbonyl (C=O) groups excluding carboxylic acids is 1. The molecule has 24 heavy (non-hydrogen) atoms. The summed E-state index contributed by atoms with van der Waals surface area (Å²) in [6.07, 6.45) is 3.17. The van der Waals surface area contributed by atoms with Crippen LogP contribution < -0.4 is 5.43 Å². The van der Waals surface area contributed by atoms with Crippen molar-refractivity contribution in [2.45, 2.75) is 12.3 Å². The molecular formula is C17H16N2O5.